The van der Waals surface area contributed by atoms with E-state index in [1.54, 1.807) is 24.3 Å². The van der Waals surface area contributed by atoms with Crippen LogP contribution in [-0.2, 0) is 22.7 Å². The Hall–Kier alpha value is -2.91. The van der Waals surface area contributed by atoms with Crippen molar-refractivity contribution < 1.29 is 21.6 Å². The van der Waals surface area contributed by atoms with Crippen LogP contribution in [0.3, 0.4) is 0 Å². The number of rotatable bonds is 7. The number of fused-ring (bicyclic) bond motifs is 1. The molecule has 0 spiro atoms. The van der Waals surface area contributed by atoms with Crippen molar-refractivity contribution in [2.75, 3.05) is 11.3 Å². The minimum Gasteiger partial charge on any atom is -0.308 e. The molecule has 152 valence electrons. The smallest absolute Gasteiger partial charge is 0.308 e. The molecule has 0 aliphatic carbocycles. The molecular weight excluding hydrogens is 403 g/mol. The first-order valence-corrected chi connectivity index (χ1v) is 10.1. The fraction of sp³-hybridized carbons (Fsp3) is 0.150. The van der Waals surface area contributed by atoms with Crippen LogP contribution in [-0.4, -0.2) is 19.9 Å². The topological polar surface area (TPSA) is 71.1 Å². The summed E-state index contributed by atoms with van der Waals surface area (Å²) in [6.45, 7) is 4.70. The van der Waals surface area contributed by atoms with Gasteiger partial charge in [0.25, 0.3) is 10.0 Å². The van der Waals surface area contributed by atoms with Crippen molar-refractivity contribution >= 4 is 26.6 Å². The number of sulfonamides is 1. The van der Waals surface area contributed by atoms with Gasteiger partial charge in [-0.15, -0.1) is 6.58 Å². The first kappa shape index (κ1) is 20.8. The van der Waals surface area contributed by atoms with Crippen LogP contribution in [0.1, 0.15) is 11.3 Å². The highest BCUT2D eigenvalue weighted by atomic mass is 32.2. The second kappa shape index (κ2) is 8.22. The van der Waals surface area contributed by atoms with Crippen molar-refractivity contribution in [3.05, 3.63) is 78.5 Å². The Morgan fingerprint density at radius 1 is 1.03 bits per heavy atom. The van der Waals surface area contributed by atoms with Crippen molar-refractivity contribution in [1.82, 2.24) is 10.3 Å². The maximum absolute atomic E-state index is 12.7. The maximum Gasteiger partial charge on any atom is 0.416 e. The van der Waals surface area contributed by atoms with Gasteiger partial charge in [0.1, 0.15) is 0 Å². The number of alkyl halides is 3. The normalized spacial score (nSPS) is 12.1. The van der Waals surface area contributed by atoms with Crippen LogP contribution in [0.15, 0.2) is 72.1 Å². The third kappa shape index (κ3) is 4.93. The first-order chi connectivity index (χ1) is 13.7. The summed E-state index contributed by atoms with van der Waals surface area (Å²) < 4.78 is 65.8. The average Bonchev–Trinajstić information content (AvgIpc) is 2.68. The molecular formula is C20H18F3N3O2S. The van der Waals surface area contributed by atoms with Crippen molar-refractivity contribution in [3.63, 3.8) is 0 Å². The zero-order chi connectivity index (χ0) is 21.1. The number of pyridine rings is 1. The number of benzene rings is 2. The van der Waals surface area contributed by atoms with Crippen LogP contribution in [0.2, 0.25) is 0 Å². The molecule has 29 heavy (non-hydrogen) atoms. The van der Waals surface area contributed by atoms with Gasteiger partial charge >= 0.3 is 6.18 Å². The monoisotopic (exact) mass is 421 g/mol. The molecule has 3 aromatic rings. The van der Waals surface area contributed by atoms with E-state index in [4.69, 9.17) is 0 Å². The number of para-hydroxylation sites is 1. The molecule has 1 aromatic heterocycles. The van der Waals surface area contributed by atoms with E-state index >= 15 is 0 Å². The van der Waals surface area contributed by atoms with Gasteiger partial charge in [-0.25, -0.2) is 13.4 Å². The average molecular weight is 421 g/mol. The van der Waals surface area contributed by atoms with Gasteiger partial charge < -0.3 is 5.32 Å². The van der Waals surface area contributed by atoms with E-state index in [0.717, 1.165) is 29.7 Å². The van der Waals surface area contributed by atoms with Crippen LogP contribution in [0, 0.1) is 0 Å². The van der Waals surface area contributed by atoms with Gasteiger partial charge in [-0.05, 0) is 36.4 Å². The molecule has 3 rings (SSSR count). The zero-order valence-electron chi connectivity index (χ0n) is 15.2. The molecule has 2 aromatic carbocycles. The molecule has 0 bridgehead atoms. The number of nitrogens with zero attached hydrogens (tertiary/aromatic N) is 1. The molecule has 0 amide bonds. The highest BCUT2D eigenvalue weighted by Gasteiger charge is 2.30. The molecule has 1 heterocycles. The Kier molecular flexibility index (Phi) is 5.90. The standard InChI is InChI=1S/C20H18F3N3O2S/c1-2-12-24-13-16-9-6-14-4-3-5-18(19(14)25-16)26-29(27,28)17-10-7-15(8-11-17)20(21,22)23/h2-11,24,26H,1,12-13H2. The summed E-state index contributed by atoms with van der Waals surface area (Å²) in [7, 11) is -4.09. The van der Waals surface area contributed by atoms with Crippen LogP contribution >= 0.6 is 0 Å². The summed E-state index contributed by atoms with van der Waals surface area (Å²) in [6.07, 6.45) is -2.82. The van der Waals surface area contributed by atoms with E-state index < -0.39 is 21.8 Å². The predicted molar refractivity (Wildman–Crippen MR) is 106 cm³/mol. The summed E-state index contributed by atoms with van der Waals surface area (Å²) in [4.78, 5) is 4.23. The molecule has 5 nitrogen and oxygen atoms in total. The van der Waals surface area contributed by atoms with E-state index in [2.05, 4.69) is 21.6 Å². The predicted octanol–water partition coefficient (Wildman–Crippen LogP) is 4.33. The van der Waals surface area contributed by atoms with Gasteiger partial charge in [0.15, 0.2) is 0 Å². The second-order valence-corrected chi connectivity index (χ2v) is 7.91. The Bertz CT molecular complexity index is 1130. The van der Waals surface area contributed by atoms with Gasteiger partial charge in [0.05, 0.1) is 27.4 Å². The molecule has 0 fully saturated rings. The number of anilines is 1. The molecule has 0 saturated heterocycles. The summed E-state index contributed by atoms with van der Waals surface area (Å²) in [5, 5.41) is 3.84. The Morgan fingerprint density at radius 3 is 2.41 bits per heavy atom. The van der Waals surface area contributed by atoms with E-state index in [9.17, 15) is 21.6 Å². The largest absolute Gasteiger partial charge is 0.416 e. The molecule has 0 aliphatic rings. The van der Waals surface area contributed by atoms with E-state index in [1.807, 2.05) is 12.1 Å². The zero-order valence-corrected chi connectivity index (χ0v) is 16.0. The quantitative estimate of drug-likeness (QED) is 0.440. The Morgan fingerprint density at radius 2 is 1.76 bits per heavy atom. The lowest BCUT2D eigenvalue weighted by molar-refractivity contribution is -0.137. The van der Waals surface area contributed by atoms with E-state index in [-0.39, 0.29) is 10.6 Å². The minimum atomic E-state index is -4.54. The highest BCUT2D eigenvalue weighted by molar-refractivity contribution is 7.92. The SMILES string of the molecule is C=CCNCc1ccc2cccc(NS(=O)(=O)c3ccc(C(F)(F)F)cc3)c2n1. The summed E-state index contributed by atoms with van der Waals surface area (Å²) in [5.74, 6) is 0. The Balaban J connectivity index is 1.91. The lowest BCUT2D eigenvalue weighted by Crippen LogP contribution is -2.15. The van der Waals surface area contributed by atoms with Gasteiger partial charge in [-0.3, -0.25) is 4.72 Å². The van der Waals surface area contributed by atoms with Crippen LogP contribution in [0.25, 0.3) is 10.9 Å². The fourth-order valence-corrected chi connectivity index (χ4v) is 3.76. The maximum atomic E-state index is 12.7. The number of nitrogens with one attached hydrogen (secondary N) is 2. The molecule has 0 aliphatic heterocycles. The second-order valence-electron chi connectivity index (χ2n) is 6.23. The first-order valence-electron chi connectivity index (χ1n) is 8.61. The molecule has 2 N–H and O–H groups in total. The third-order valence-corrected chi connectivity index (χ3v) is 5.49. The lowest BCUT2D eigenvalue weighted by atomic mass is 10.2. The minimum absolute atomic E-state index is 0.243. The molecule has 0 unspecified atom stereocenters. The van der Waals surface area contributed by atoms with E-state index in [1.165, 1.54) is 0 Å². The van der Waals surface area contributed by atoms with Crippen molar-refractivity contribution in [2.24, 2.45) is 0 Å². The molecule has 0 saturated carbocycles. The molecule has 0 atom stereocenters. The third-order valence-electron chi connectivity index (χ3n) is 4.11. The molecule has 9 heteroatoms. The van der Waals surface area contributed by atoms with Gasteiger partial charge in [-0.1, -0.05) is 24.3 Å². The summed E-state index contributed by atoms with van der Waals surface area (Å²) >= 11 is 0. The fourth-order valence-electron chi connectivity index (χ4n) is 2.70. The van der Waals surface area contributed by atoms with Gasteiger partial charge in [0, 0.05) is 18.5 Å². The Labute approximate surface area is 166 Å². The molecule has 0 radical (unpaired) electrons. The van der Waals surface area contributed by atoms with Crippen LogP contribution < -0.4 is 10.0 Å². The summed E-state index contributed by atoms with van der Waals surface area (Å²) in [6, 6.07) is 12.0. The number of hydrogen-bond acceptors (Lipinski definition) is 4. The van der Waals surface area contributed by atoms with Crippen LogP contribution in [0.4, 0.5) is 18.9 Å². The van der Waals surface area contributed by atoms with Gasteiger partial charge in [0.2, 0.25) is 0 Å². The lowest BCUT2D eigenvalue weighted by Gasteiger charge is -2.12. The number of halogens is 3. The number of aromatic nitrogens is 1. The van der Waals surface area contributed by atoms with Crippen molar-refractivity contribution in [1.29, 1.82) is 0 Å². The van der Waals surface area contributed by atoms with E-state index in [0.29, 0.717) is 24.3 Å². The van der Waals surface area contributed by atoms with Crippen molar-refractivity contribution in [3.8, 4) is 0 Å². The van der Waals surface area contributed by atoms with Crippen molar-refractivity contribution in [2.45, 2.75) is 17.6 Å². The van der Waals surface area contributed by atoms with Gasteiger partial charge in [-0.2, -0.15) is 13.2 Å². The highest BCUT2D eigenvalue weighted by Crippen LogP contribution is 2.30. The van der Waals surface area contributed by atoms with Crippen LogP contribution in [0.5, 0.6) is 0 Å². The summed E-state index contributed by atoms with van der Waals surface area (Å²) in [5.41, 5.74) is 0.481. The number of hydrogen-bond donors (Lipinski definition) is 2.